The second-order valence-electron chi connectivity index (χ2n) is 7.70. The number of piperidine rings is 1. The Morgan fingerprint density at radius 1 is 1.14 bits per heavy atom. The number of fused-ring (bicyclic) bond motifs is 2. The first-order valence-corrected chi connectivity index (χ1v) is 10.3. The molecule has 4 heterocycles. The van der Waals surface area contributed by atoms with E-state index in [0.717, 1.165) is 18.4 Å². The van der Waals surface area contributed by atoms with E-state index in [1.54, 1.807) is 12.4 Å². The molecule has 0 amide bonds. The number of pyridine rings is 1. The van der Waals surface area contributed by atoms with Gasteiger partial charge in [-0.05, 0) is 62.1 Å². The molecule has 0 spiro atoms. The van der Waals surface area contributed by atoms with Gasteiger partial charge in [0.2, 0.25) is 11.7 Å². The molecule has 28 heavy (non-hydrogen) atoms. The number of hydrogen-bond acceptors (Lipinski definition) is 5. The molecule has 3 aromatic rings. The molecule has 2 bridgehead atoms. The predicted octanol–water partition coefficient (Wildman–Crippen LogP) is 5.17. The van der Waals surface area contributed by atoms with Crippen LogP contribution in [0.25, 0.3) is 11.4 Å². The normalized spacial score (nSPS) is 27.2. The van der Waals surface area contributed by atoms with Crippen LogP contribution in [-0.4, -0.2) is 39.2 Å². The van der Waals surface area contributed by atoms with Crippen molar-refractivity contribution in [1.82, 2.24) is 20.0 Å². The highest BCUT2D eigenvalue weighted by molar-refractivity contribution is 6.42. The van der Waals surface area contributed by atoms with Gasteiger partial charge in [-0.3, -0.25) is 9.88 Å². The maximum atomic E-state index is 6.33. The van der Waals surface area contributed by atoms with Gasteiger partial charge in [-0.15, -0.1) is 0 Å². The second-order valence-corrected chi connectivity index (χ2v) is 8.52. The van der Waals surface area contributed by atoms with Crippen LogP contribution < -0.4 is 0 Å². The van der Waals surface area contributed by atoms with Crippen LogP contribution in [0.4, 0.5) is 0 Å². The summed E-state index contributed by atoms with van der Waals surface area (Å²) >= 11 is 12.5. The zero-order chi connectivity index (χ0) is 19.3. The van der Waals surface area contributed by atoms with E-state index in [1.165, 1.54) is 12.0 Å². The van der Waals surface area contributed by atoms with E-state index < -0.39 is 0 Å². The lowest BCUT2D eigenvalue weighted by Gasteiger charge is -2.41. The Balaban J connectivity index is 1.55. The second kappa shape index (κ2) is 7.14. The van der Waals surface area contributed by atoms with Crippen molar-refractivity contribution < 1.29 is 4.52 Å². The molecule has 2 aliphatic heterocycles. The van der Waals surface area contributed by atoms with E-state index in [2.05, 4.69) is 28.2 Å². The standard InChI is InChI=1S/C21H20Cl2N4O/c1-27-14-5-7-18(27)19(15(10-14)12-4-6-16(22)17(23)9-12)21-25-20(26-28-21)13-3-2-8-24-11-13/h2-4,6,8-9,11,14-15,18-19H,5,7,10H2,1H3/t14-,15+,18+,19+/m0/s1. The van der Waals surface area contributed by atoms with Gasteiger partial charge in [-0.1, -0.05) is 34.4 Å². The molecule has 0 unspecified atom stereocenters. The summed E-state index contributed by atoms with van der Waals surface area (Å²) in [5.74, 6) is 1.66. The zero-order valence-corrected chi connectivity index (χ0v) is 16.9. The summed E-state index contributed by atoms with van der Waals surface area (Å²) in [5, 5.41) is 5.40. The zero-order valence-electron chi connectivity index (χ0n) is 15.4. The van der Waals surface area contributed by atoms with E-state index in [-0.39, 0.29) is 11.8 Å². The Hall–Kier alpha value is -1.95. The molecule has 7 heteroatoms. The van der Waals surface area contributed by atoms with Crippen molar-refractivity contribution in [2.24, 2.45) is 0 Å². The summed E-state index contributed by atoms with van der Waals surface area (Å²) in [6.45, 7) is 0. The van der Waals surface area contributed by atoms with E-state index in [9.17, 15) is 0 Å². The van der Waals surface area contributed by atoms with E-state index in [4.69, 9.17) is 32.7 Å². The number of rotatable bonds is 3. The first-order valence-electron chi connectivity index (χ1n) is 9.52. The van der Waals surface area contributed by atoms with Crippen LogP contribution in [0, 0.1) is 0 Å². The fourth-order valence-corrected chi connectivity index (χ4v) is 5.18. The fraction of sp³-hybridized carbons (Fsp3) is 0.381. The molecule has 5 nitrogen and oxygen atoms in total. The van der Waals surface area contributed by atoms with Gasteiger partial charge in [-0.25, -0.2) is 0 Å². The maximum Gasteiger partial charge on any atom is 0.232 e. The summed E-state index contributed by atoms with van der Waals surface area (Å²) in [7, 11) is 2.21. The molecule has 5 rings (SSSR count). The monoisotopic (exact) mass is 414 g/mol. The molecule has 0 radical (unpaired) electrons. The van der Waals surface area contributed by atoms with E-state index >= 15 is 0 Å². The molecule has 0 N–H and O–H groups in total. The number of halogens is 2. The van der Waals surface area contributed by atoms with Crippen molar-refractivity contribution in [3.63, 3.8) is 0 Å². The third-order valence-corrected chi connectivity index (χ3v) is 7.03. The van der Waals surface area contributed by atoms with Crippen LogP contribution in [0.15, 0.2) is 47.2 Å². The molecule has 144 valence electrons. The Kier molecular flexibility index (Phi) is 4.62. The minimum Gasteiger partial charge on any atom is -0.339 e. The van der Waals surface area contributed by atoms with Crippen LogP contribution in [0.1, 0.15) is 42.6 Å². The number of benzene rings is 1. The van der Waals surface area contributed by atoms with Crippen LogP contribution >= 0.6 is 23.2 Å². The number of likely N-dealkylation sites (N-methyl/N-ethyl adjacent to an activating group) is 1. The molecule has 4 atom stereocenters. The van der Waals surface area contributed by atoms with Crippen LogP contribution in [0.2, 0.25) is 10.0 Å². The van der Waals surface area contributed by atoms with Crippen LogP contribution in [0.3, 0.4) is 0 Å². The van der Waals surface area contributed by atoms with Crippen molar-refractivity contribution in [3.05, 3.63) is 64.2 Å². The lowest BCUT2D eigenvalue weighted by molar-refractivity contribution is 0.120. The number of aromatic nitrogens is 3. The highest BCUT2D eigenvalue weighted by Crippen LogP contribution is 2.51. The maximum absolute atomic E-state index is 6.33. The van der Waals surface area contributed by atoms with Crippen molar-refractivity contribution in [2.75, 3.05) is 7.05 Å². The topological polar surface area (TPSA) is 55.1 Å². The third-order valence-electron chi connectivity index (χ3n) is 6.29. The lowest BCUT2D eigenvalue weighted by Crippen LogP contribution is -2.44. The van der Waals surface area contributed by atoms with Gasteiger partial charge in [0.15, 0.2) is 0 Å². The Morgan fingerprint density at radius 2 is 2.04 bits per heavy atom. The largest absolute Gasteiger partial charge is 0.339 e. The molecule has 0 aliphatic carbocycles. The highest BCUT2D eigenvalue weighted by atomic mass is 35.5. The van der Waals surface area contributed by atoms with E-state index in [1.807, 2.05) is 24.3 Å². The van der Waals surface area contributed by atoms with Crippen molar-refractivity contribution in [2.45, 2.75) is 43.2 Å². The highest BCUT2D eigenvalue weighted by Gasteiger charge is 2.49. The minimum atomic E-state index is 0.124. The SMILES string of the molecule is CN1[C@H]2CC[C@@H]1[C@H](c1nc(-c3cccnc3)no1)[C@@H](c1ccc(Cl)c(Cl)c1)C2. The third kappa shape index (κ3) is 3.02. The van der Waals surface area contributed by atoms with Crippen LogP contribution in [-0.2, 0) is 0 Å². The van der Waals surface area contributed by atoms with Crippen molar-refractivity contribution in [1.29, 1.82) is 0 Å². The first-order chi connectivity index (χ1) is 13.6. The van der Waals surface area contributed by atoms with Gasteiger partial charge in [0, 0.05) is 30.0 Å². The van der Waals surface area contributed by atoms with Crippen molar-refractivity contribution >= 4 is 23.2 Å². The molecule has 2 aromatic heterocycles. The molecular weight excluding hydrogens is 395 g/mol. The lowest BCUT2D eigenvalue weighted by atomic mass is 9.76. The molecule has 1 aromatic carbocycles. The smallest absolute Gasteiger partial charge is 0.232 e. The fourth-order valence-electron chi connectivity index (χ4n) is 4.87. The molecule has 2 fully saturated rings. The van der Waals surface area contributed by atoms with Crippen LogP contribution in [0.5, 0.6) is 0 Å². The van der Waals surface area contributed by atoms with Gasteiger partial charge in [0.05, 0.1) is 16.0 Å². The van der Waals surface area contributed by atoms with Crippen molar-refractivity contribution in [3.8, 4) is 11.4 Å². The first kappa shape index (κ1) is 18.1. The summed E-state index contributed by atoms with van der Waals surface area (Å²) < 4.78 is 5.79. The van der Waals surface area contributed by atoms with Gasteiger partial charge in [-0.2, -0.15) is 4.98 Å². The Morgan fingerprint density at radius 3 is 2.82 bits per heavy atom. The van der Waals surface area contributed by atoms with Gasteiger partial charge in [0.1, 0.15) is 0 Å². The molecular formula is C21H20Cl2N4O. The predicted molar refractivity (Wildman–Crippen MR) is 109 cm³/mol. The number of hydrogen-bond donors (Lipinski definition) is 0. The Labute approximate surface area is 173 Å². The average Bonchev–Trinajstić information content (AvgIpc) is 3.28. The summed E-state index contributed by atoms with van der Waals surface area (Å²) in [6, 6.07) is 10.7. The quantitative estimate of drug-likeness (QED) is 0.591. The molecule has 2 aliphatic rings. The molecule has 0 saturated carbocycles. The summed E-state index contributed by atoms with van der Waals surface area (Å²) in [5.41, 5.74) is 2.04. The number of nitrogens with zero attached hydrogens (tertiary/aromatic N) is 4. The average molecular weight is 415 g/mol. The summed E-state index contributed by atoms with van der Waals surface area (Å²) in [4.78, 5) is 11.4. The van der Waals surface area contributed by atoms with Gasteiger partial charge >= 0.3 is 0 Å². The van der Waals surface area contributed by atoms with Gasteiger partial charge in [0.25, 0.3) is 0 Å². The Bertz CT molecular complexity index is 993. The minimum absolute atomic E-state index is 0.124. The van der Waals surface area contributed by atoms with E-state index in [0.29, 0.717) is 33.8 Å². The molecule has 2 saturated heterocycles. The van der Waals surface area contributed by atoms with Gasteiger partial charge < -0.3 is 4.52 Å². The summed E-state index contributed by atoms with van der Waals surface area (Å²) in [6.07, 6.45) is 6.86.